The second-order valence-corrected chi connectivity index (χ2v) is 5.60. The molecule has 0 saturated heterocycles. The van der Waals surface area contributed by atoms with Crippen molar-refractivity contribution >= 4 is 23.3 Å². The number of thiazole rings is 1. The van der Waals surface area contributed by atoms with Crippen molar-refractivity contribution in [3.63, 3.8) is 0 Å². The lowest BCUT2D eigenvalue weighted by molar-refractivity contribution is -0.137. The van der Waals surface area contributed by atoms with Crippen LogP contribution in [0.15, 0.2) is 11.6 Å². The average Bonchev–Trinajstić information content (AvgIpc) is 3.07. The highest BCUT2D eigenvalue weighted by molar-refractivity contribution is 7.09. The maximum Gasteiger partial charge on any atom is 0.315 e. The van der Waals surface area contributed by atoms with Crippen LogP contribution in [0, 0.1) is 5.92 Å². The lowest BCUT2D eigenvalue weighted by Gasteiger charge is -2.16. The molecule has 1 aliphatic rings. The summed E-state index contributed by atoms with van der Waals surface area (Å²) in [5, 5.41) is 17.1. The van der Waals surface area contributed by atoms with Crippen LogP contribution in [0.1, 0.15) is 24.3 Å². The molecule has 2 amide bonds. The second kappa shape index (κ2) is 6.51. The molecule has 104 valence electrons. The molecular weight excluding hydrogens is 266 g/mol. The Bertz CT molecular complexity index is 431. The summed E-state index contributed by atoms with van der Waals surface area (Å²) in [6, 6.07) is -0.549. The molecule has 1 atom stereocenters. The van der Waals surface area contributed by atoms with E-state index in [0.717, 1.165) is 17.8 Å². The first kappa shape index (κ1) is 13.8. The van der Waals surface area contributed by atoms with Gasteiger partial charge in [-0.25, -0.2) is 9.78 Å². The van der Waals surface area contributed by atoms with Gasteiger partial charge in [-0.1, -0.05) is 0 Å². The molecule has 0 radical (unpaired) electrons. The van der Waals surface area contributed by atoms with Gasteiger partial charge in [-0.05, 0) is 18.8 Å². The first-order valence-corrected chi connectivity index (χ1v) is 7.17. The number of rotatable bonds is 7. The number of nitrogens with one attached hydrogen (secondary N) is 2. The Morgan fingerprint density at radius 2 is 2.32 bits per heavy atom. The average molecular weight is 283 g/mol. The molecular formula is C12H17N3O3S. The van der Waals surface area contributed by atoms with Gasteiger partial charge in [0, 0.05) is 30.6 Å². The molecule has 1 unspecified atom stereocenters. The summed E-state index contributed by atoms with van der Waals surface area (Å²) in [4.78, 5) is 26.5. The molecule has 0 aromatic carbocycles. The SMILES string of the molecule is O=C(O)CC(NC(=O)NCCc1nccs1)C1CC1. The lowest BCUT2D eigenvalue weighted by Crippen LogP contribution is -2.44. The van der Waals surface area contributed by atoms with Crippen molar-refractivity contribution in [3.8, 4) is 0 Å². The third kappa shape index (κ3) is 4.86. The number of carboxylic acids is 1. The molecule has 7 heteroatoms. The minimum absolute atomic E-state index is 0.00936. The van der Waals surface area contributed by atoms with Gasteiger partial charge < -0.3 is 15.7 Å². The van der Waals surface area contributed by atoms with Crippen LogP contribution in [0.4, 0.5) is 4.79 Å². The van der Waals surface area contributed by atoms with Crippen molar-refractivity contribution in [2.24, 2.45) is 5.92 Å². The number of hydrogen-bond donors (Lipinski definition) is 3. The van der Waals surface area contributed by atoms with Crippen molar-refractivity contribution in [3.05, 3.63) is 16.6 Å². The minimum atomic E-state index is -0.875. The van der Waals surface area contributed by atoms with Crippen LogP contribution in [-0.4, -0.2) is 34.7 Å². The van der Waals surface area contributed by atoms with E-state index in [9.17, 15) is 9.59 Å². The van der Waals surface area contributed by atoms with E-state index < -0.39 is 5.97 Å². The number of urea groups is 1. The molecule has 0 spiro atoms. The van der Waals surface area contributed by atoms with Gasteiger partial charge in [-0.15, -0.1) is 11.3 Å². The number of hydrogen-bond acceptors (Lipinski definition) is 4. The zero-order chi connectivity index (χ0) is 13.7. The molecule has 3 N–H and O–H groups in total. The lowest BCUT2D eigenvalue weighted by atomic mass is 10.1. The van der Waals surface area contributed by atoms with E-state index in [0.29, 0.717) is 18.9 Å². The fourth-order valence-electron chi connectivity index (χ4n) is 1.90. The summed E-state index contributed by atoms with van der Waals surface area (Å²) in [5.41, 5.74) is 0. The van der Waals surface area contributed by atoms with E-state index in [2.05, 4.69) is 15.6 Å². The topological polar surface area (TPSA) is 91.3 Å². The molecule has 1 fully saturated rings. The smallest absolute Gasteiger partial charge is 0.315 e. The number of nitrogens with zero attached hydrogens (tertiary/aromatic N) is 1. The molecule has 1 aliphatic carbocycles. The highest BCUT2D eigenvalue weighted by Crippen LogP contribution is 2.33. The second-order valence-electron chi connectivity index (χ2n) is 4.62. The summed E-state index contributed by atoms with van der Waals surface area (Å²) in [6.07, 6.45) is 4.41. The highest BCUT2D eigenvalue weighted by atomic mass is 32.1. The molecule has 2 rings (SSSR count). The zero-order valence-electron chi connectivity index (χ0n) is 10.5. The van der Waals surface area contributed by atoms with Crippen LogP contribution in [0.2, 0.25) is 0 Å². The first-order valence-electron chi connectivity index (χ1n) is 6.29. The van der Waals surface area contributed by atoms with Crippen LogP contribution in [0.5, 0.6) is 0 Å². The Hall–Kier alpha value is -1.63. The number of amides is 2. The van der Waals surface area contributed by atoms with Gasteiger partial charge in [0.1, 0.15) is 0 Å². The monoisotopic (exact) mass is 283 g/mol. The van der Waals surface area contributed by atoms with Gasteiger partial charge in [0.25, 0.3) is 0 Å². The Labute approximate surface area is 115 Å². The van der Waals surface area contributed by atoms with Crippen molar-refractivity contribution in [1.82, 2.24) is 15.6 Å². The third-order valence-corrected chi connectivity index (χ3v) is 3.85. The Morgan fingerprint density at radius 1 is 1.53 bits per heavy atom. The Morgan fingerprint density at radius 3 is 2.89 bits per heavy atom. The summed E-state index contributed by atoms with van der Waals surface area (Å²) in [7, 11) is 0. The van der Waals surface area contributed by atoms with Crippen molar-refractivity contribution in [2.45, 2.75) is 31.7 Å². The number of carbonyl (C=O) groups is 2. The van der Waals surface area contributed by atoms with E-state index in [4.69, 9.17) is 5.11 Å². The number of aliphatic carboxylic acids is 1. The fraction of sp³-hybridized carbons (Fsp3) is 0.583. The largest absolute Gasteiger partial charge is 0.481 e. The van der Waals surface area contributed by atoms with Gasteiger partial charge in [0.2, 0.25) is 0 Å². The summed E-state index contributed by atoms with van der Waals surface area (Å²) < 4.78 is 0. The van der Waals surface area contributed by atoms with Crippen LogP contribution in [-0.2, 0) is 11.2 Å². The normalized spacial score (nSPS) is 15.8. The quantitative estimate of drug-likeness (QED) is 0.702. The van der Waals surface area contributed by atoms with Crippen molar-refractivity contribution in [2.75, 3.05) is 6.54 Å². The van der Waals surface area contributed by atoms with E-state index in [-0.39, 0.29) is 18.5 Å². The summed E-state index contributed by atoms with van der Waals surface area (Å²) >= 11 is 1.55. The molecule has 1 heterocycles. The molecule has 1 saturated carbocycles. The van der Waals surface area contributed by atoms with Crippen molar-refractivity contribution in [1.29, 1.82) is 0 Å². The van der Waals surface area contributed by atoms with Crippen molar-refractivity contribution < 1.29 is 14.7 Å². The van der Waals surface area contributed by atoms with Gasteiger partial charge >= 0.3 is 12.0 Å². The molecule has 0 aliphatic heterocycles. The molecule has 6 nitrogen and oxygen atoms in total. The first-order chi connectivity index (χ1) is 9.15. The minimum Gasteiger partial charge on any atom is -0.481 e. The Balaban J connectivity index is 1.68. The van der Waals surface area contributed by atoms with Gasteiger partial charge in [0.05, 0.1) is 11.4 Å². The summed E-state index contributed by atoms with van der Waals surface area (Å²) in [5.74, 6) is -0.555. The molecule has 1 aromatic rings. The van der Waals surface area contributed by atoms with Crippen LogP contribution < -0.4 is 10.6 Å². The number of carbonyl (C=O) groups excluding carboxylic acids is 1. The predicted octanol–water partition coefficient (Wildman–Crippen LogP) is 1.24. The summed E-state index contributed by atoms with van der Waals surface area (Å²) in [6.45, 7) is 0.504. The zero-order valence-corrected chi connectivity index (χ0v) is 11.3. The van der Waals surface area contributed by atoms with E-state index in [1.165, 1.54) is 0 Å². The maximum absolute atomic E-state index is 11.7. The van der Waals surface area contributed by atoms with Crippen LogP contribution in [0.25, 0.3) is 0 Å². The van der Waals surface area contributed by atoms with Gasteiger partial charge in [-0.2, -0.15) is 0 Å². The number of carboxylic acid groups (broad SMARTS) is 1. The molecule has 19 heavy (non-hydrogen) atoms. The standard InChI is InChI=1S/C12H17N3O3S/c16-11(17)7-9(8-1-2-8)15-12(18)14-4-3-10-13-5-6-19-10/h5-6,8-9H,1-4,7H2,(H,16,17)(H2,14,15,18). The molecule has 0 bridgehead atoms. The van der Waals surface area contributed by atoms with E-state index in [1.54, 1.807) is 17.5 Å². The predicted molar refractivity (Wildman–Crippen MR) is 71.1 cm³/mol. The highest BCUT2D eigenvalue weighted by Gasteiger charge is 2.33. The molecule has 1 aromatic heterocycles. The van der Waals surface area contributed by atoms with Gasteiger partial charge in [-0.3, -0.25) is 4.79 Å². The Kier molecular flexibility index (Phi) is 4.73. The van der Waals surface area contributed by atoms with E-state index in [1.807, 2.05) is 5.38 Å². The van der Waals surface area contributed by atoms with Crippen LogP contribution >= 0.6 is 11.3 Å². The number of aromatic nitrogens is 1. The third-order valence-electron chi connectivity index (χ3n) is 3.01. The van der Waals surface area contributed by atoms with Crippen LogP contribution in [0.3, 0.4) is 0 Å². The maximum atomic E-state index is 11.7. The van der Waals surface area contributed by atoms with Gasteiger partial charge in [0.15, 0.2) is 0 Å². The fourth-order valence-corrected chi connectivity index (χ4v) is 2.52. The van der Waals surface area contributed by atoms with E-state index >= 15 is 0 Å².